The molecule has 1 aliphatic rings. The van der Waals surface area contributed by atoms with Gasteiger partial charge in [0.1, 0.15) is 16.7 Å². The number of anilines is 2. The third-order valence-electron chi connectivity index (χ3n) is 4.03. The van der Waals surface area contributed by atoms with Crippen molar-refractivity contribution in [2.45, 2.75) is 13.0 Å². The van der Waals surface area contributed by atoms with Gasteiger partial charge in [0.05, 0.1) is 10.6 Å². The molecule has 1 aromatic carbocycles. The predicted octanol–water partition coefficient (Wildman–Crippen LogP) is 3.15. The summed E-state index contributed by atoms with van der Waals surface area (Å²) in [6.07, 6.45) is 2.13. The van der Waals surface area contributed by atoms with Gasteiger partial charge in [-0.25, -0.2) is 4.98 Å². The van der Waals surface area contributed by atoms with Gasteiger partial charge in [-0.15, -0.1) is 11.3 Å². The molecule has 0 saturated carbocycles. The summed E-state index contributed by atoms with van der Waals surface area (Å²) in [5.74, 6) is -0.701. The highest BCUT2D eigenvalue weighted by Gasteiger charge is 2.19. The number of nitriles is 1. The fourth-order valence-corrected chi connectivity index (χ4v) is 3.84. The van der Waals surface area contributed by atoms with Crippen LogP contribution >= 0.6 is 22.9 Å². The molecule has 0 atom stereocenters. The zero-order valence-corrected chi connectivity index (χ0v) is 16.3. The van der Waals surface area contributed by atoms with Crippen molar-refractivity contribution in [1.82, 2.24) is 9.88 Å². The van der Waals surface area contributed by atoms with Crippen LogP contribution in [0.25, 0.3) is 0 Å². The van der Waals surface area contributed by atoms with Crippen molar-refractivity contribution in [2.24, 2.45) is 0 Å². The number of benzene rings is 1. The molecule has 0 saturated heterocycles. The van der Waals surface area contributed by atoms with Gasteiger partial charge in [0.15, 0.2) is 5.13 Å². The molecule has 0 unspecified atom stereocenters. The zero-order valence-electron chi connectivity index (χ0n) is 14.7. The van der Waals surface area contributed by atoms with Crippen molar-refractivity contribution < 1.29 is 9.72 Å². The summed E-state index contributed by atoms with van der Waals surface area (Å²) in [6, 6.07) is 5.66. The Morgan fingerprint density at radius 2 is 2.32 bits per heavy atom. The SMILES string of the molecule is CN1CCc2nc(N/C=C(/C#N)C(=O)Nc3ccc(Cl)c([N+](=O)[O-])c3)sc2C1. The Kier molecular flexibility index (Phi) is 5.89. The van der Waals surface area contributed by atoms with Crippen molar-refractivity contribution in [3.8, 4) is 6.07 Å². The van der Waals surface area contributed by atoms with E-state index in [4.69, 9.17) is 11.6 Å². The van der Waals surface area contributed by atoms with Gasteiger partial charge in [0.2, 0.25) is 0 Å². The molecule has 11 heteroatoms. The molecule has 144 valence electrons. The lowest BCUT2D eigenvalue weighted by molar-refractivity contribution is -0.384. The lowest BCUT2D eigenvalue weighted by atomic mass is 10.2. The zero-order chi connectivity index (χ0) is 20.3. The maximum atomic E-state index is 12.3. The minimum Gasteiger partial charge on any atom is -0.337 e. The second kappa shape index (κ2) is 8.35. The molecule has 1 aliphatic heterocycles. The highest BCUT2D eigenvalue weighted by Crippen LogP contribution is 2.29. The first-order valence-electron chi connectivity index (χ1n) is 8.16. The van der Waals surface area contributed by atoms with Crippen LogP contribution in [0.3, 0.4) is 0 Å². The first-order chi connectivity index (χ1) is 13.4. The number of hydrogen-bond acceptors (Lipinski definition) is 8. The molecule has 2 heterocycles. The molecule has 1 aromatic heterocycles. The standard InChI is InChI=1S/C17H15ClN6O3S/c1-23-5-4-13-15(9-23)28-17(22-13)20-8-10(7-19)16(25)21-11-2-3-12(18)14(6-11)24(26)27/h2-3,6,8H,4-5,9H2,1H3,(H,20,22)(H,21,25)/b10-8-. The maximum Gasteiger partial charge on any atom is 0.289 e. The van der Waals surface area contributed by atoms with Crippen LogP contribution in [0.15, 0.2) is 30.0 Å². The Hall–Kier alpha value is -3.00. The fourth-order valence-electron chi connectivity index (χ4n) is 2.60. The van der Waals surface area contributed by atoms with Crippen LogP contribution in [-0.4, -0.2) is 34.3 Å². The fraction of sp³-hybridized carbons (Fsp3) is 0.235. The summed E-state index contributed by atoms with van der Waals surface area (Å²) in [7, 11) is 2.04. The number of rotatable bonds is 5. The second-order valence-electron chi connectivity index (χ2n) is 6.07. The topological polar surface area (TPSA) is 124 Å². The summed E-state index contributed by atoms with van der Waals surface area (Å²) in [5.41, 5.74) is 0.659. The third-order valence-corrected chi connectivity index (χ3v) is 5.36. The number of amides is 1. The van der Waals surface area contributed by atoms with Crippen molar-refractivity contribution in [2.75, 3.05) is 24.2 Å². The monoisotopic (exact) mass is 418 g/mol. The molecule has 2 aromatic rings. The normalized spacial score (nSPS) is 14.1. The minimum atomic E-state index is -0.701. The molecule has 0 radical (unpaired) electrons. The Morgan fingerprint density at radius 1 is 1.54 bits per heavy atom. The Morgan fingerprint density at radius 3 is 3.04 bits per heavy atom. The maximum absolute atomic E-state index is 12.3. The third kappa shape index (κ3) is 4.45. The van der Waals surface area contributed by atoms with Crippen LogP contribution in [0.1, 0.15) is 10.6 Å². The number of nitrogens with zero attached hydrogens (tertiary/aromatic N) is 4. The molecule has 9 nitrogen and oxygen atoms in total. The highest BCUT2D eigenvalue weighted by molar-refractivity contribution is 7.15. The average molecular weight is 419 g/mol. The molecule has 3 rings (SSSR count). The van der Waals surface area contributed by atoms with Crippen LogP contribution in [0.2, 0.25) is 5.02 Å². The predicted molar refractivity (Wildman–Crippen MR) is 106 cm³/mol. The molecule has 28 heavy (non-hydrogen) atoms. The van der Waals surface area contributed by atoms with Gasteiger partial charge in [-0.3, -0.25) is 14.9 Å². The highest BCUT2D eigenvalue weighted by atomic mass is 35.5. The van der Waals surface area contributed by atoms with E-state index in [1.165, 1.54) is 29.7 Å². The molecular formula is C17H15ClN6O3S. The van der Waals surface area contributed by atoms with E-state index in [0.717, 1.165) is 36.1 Å². The smallest absolute Gasteiger partial charge is 0.289 e. The lowest BCUT2D eigenvalue weighted by Gasteiger charge is -2.20. The number of halogens is 1. The van der Waals surface area contributed by atoms with E-state index in [9.17, 15) is 20.2 Å². The van der Waals surface area contributed by atoms with Gasteiger partial charge in [0, 0.05) is 42.3 Å². The number of nitro groups is 1. The van der Waals surface area contributed by atoms with Crippen molar-refractivity contribution in [1.29, 1.82) is 5.26 Å². The van der Waals surface area contributed by atoms with Crippen LogP contribution in [0.5, 0.6) is 0 Å². The largest absolute Gasteiger partial charge is 0.337 e. The Bertz CT molecular complexity index is 1010. The molecule has 0 bridgehead atoms. The number of aromatic nitrogens is 1. The molecule has 1 amide bonds. The van der Waals surface area contributed by atoms with E-state index in [0.29, 0.717) is 5.13 Å². The summed E-state index contributed by atoms with van der Waals surface area (Å²) in [5, 5.41) is 26.1. The number of nitro benzene ring substituents is 1. The quantitative estimate of drug-likeness (QED) is 0.330. The molecule has 2 N–H and O–H groups in total. The number of thiazole rings is 1. The van der Waals surface area contributed by atoms with Crippen LogP contribution in [-0.2, 0) is 17.8 Å². The van der Waals surface area contributed by atoms with E-state index < -0.39 is 10.8 Å². The van der Waals surface area contributed by atoms with Gasteiger partial charge >= 0.3 is 0 Å². The van der Waals surface area contributed by atoms with Gasteiger partial charge in [-0.2, -0.15) is 5.26 Å². The number of carbonyl (C=O) groups is 1. The van der Waals surface area contributed by atoms with E-state index >= 15 is 0 Å². The summed E-state index contributed by atoms with van der Waals surface area (Å²) >= 11 is 7.23. The summed E-state index contributed by atoms with van der Waals surface area (Å²) < 4.78 is 0. The second-order valence-corrected chi connectivity index (χ2v) is 7.56. The van der Waals surface area contributed by atoms with Gasteiger partial charge in [-0.1, -0.05) is 11.6 Å². The van der Waals surface area contributed by atoms with Gasteiger partial charge < -0.3 is 15.5 Å². The Balaban J connectivity index is 1.71. The molecule has 0 fully saturated rings. The van der Waals surface area contributed by atoms with Crippen molar-refractivity contribution >= 4 is 45.4 Å². The first-order valence-corrected chi connectivity index (χ1v) is 9.36. The van der Waals surface area contributed by atoms with Crippen LogP contribution < -0.4 is 10.6 Å². The number of fused-ring (bicyclic) bond motifs is 1. The van der Waals surface area contributed by atoms with Crippen LogP contribution in [0.4, 0.5) is 16.5 Å². The van der Waals surface area contributed by atoms with Crippen molar-refractivity contribution in [3.05, 3.63) is 55.7 Å². The lowest BCUT2D eigenvalue weighted by Crippen LogP contribution is -2.25. The van der Waals surface area contributed by atoms with Gasteiger partial charge in [-0.05, 0) is 19.2 Å². The summed E-state index contributed by atoms with van der Waals surface area (Å²) in [6.45, 7) is 1.75. The minimum absolute atomic E-state index is 0.0425. The number of carbonyl (C=O) groups excluding carboxylic acids is 1. The van der Waals surface area contributed by atoms with E-state index in [2.05, 4.69) is 20.5 Å². The number of hydrogen-bond donors (Lipinski definition) is 2. The molecular weight excluding hydrogens is 404 g/mol. The summed E-state index contributed by atoms with van der Waals surface area (Å²) in [4.78, 5) is 30.4. The van der Waals surface area contributed by atoms with Crippen molar-refractivity contribution in [3.63, 3.8) is 0 Å². The van der Waals surface area contributed by atoms with Crippen LogP contribution in [0, 0.1) is 21.4 Å². The number of nitrogens with one attached hydrogen (secondary N) is 2. The average Bonchev–Trinajstić information content (AvgIpc) is 3.05. The Labute approximate surface area is 169 Å². The number of likely N-dealkylation sites (N-methyl/N-ethyl adjacent to an activating group) is 1. The molecule has 0 aliphatic carbocycles. The van der Waals surface area contributed by atoms with E-state index in [1.807, 2.05) is 7.05 Å². The first kappa shape index (κ1) is 19.8. The van der Waals surface area contributed by atoms with E-state index in [-0.39, 0.29) is 22.0 Å². The van der Waals surface area contributed by atoms with Gasteiger partial charge in [0.25, 0.3) is 11.6 Å². The molecule has 0 spiro atoms. The van der Waals surface area contributed by atoms with E-state index in [1.54, 1.807) is 6.07 Å².